The fraction of sp³-hybridized carbons (Fsp3) is 0.429. The van der Waals surface area contributed by atoms with Crippen LogP contribution in [0.15, 0.2) is 18.2 Å². The zero-order chi connectivity index (χ0) is 14.2. The number of nitrogens with zero attached hydrogens (tertiary/aromatic N) is 1. The van der Waals surface area contributed by atoms with Gasteiger partial charge in [0.1, 0.15) is 0 Å². The summed E-state index contributed by atoms with van der Waals surface area (Å²) in [5.74, 6) is -0.927. The van der Waals surface area contributed by atoms with Gasteiger partial charge in [-0.15, -0.1) is 0 Å². The molecule has 0 fully saturated rings. The average molecular weight is 262 g/mol. The monoisotopic (exact) mass is 262 g/mol. The van der Waals surface area contributed by atoms with Gasteiger partial charge in [-0.2, -0.15) is 0 Å². The van der Waals surface area contributed by atoms with Gasteiger partial charge in [-0.25, -0.2) is 0 Å². The molecule has 102 valence electrons. The number of likely N-dealkylation sites (N-methyl/N-ethyl adjacent to an activating group) is 1. The Balaban J connectivity index is 2.21. The zero-order valence-electron chi connectivity index (χ0n) is 11.1. The van der Waals surface area contributed by atoms with E-state index in [1.165, 1.54) is 0 Å². The molecule has 3 N–H and O–H groups in total. The number of anilines is 1. The van der Waals surface area contributed by atoms with Crippen LogP contribution < -0.4 is 10.6 Å². The second kappa shape index (κ2) is 5.01. The number of carbonyl (C=O) groups is 2. The van der Waals surface area contributed by atoms with E-state index in [0.29, 0.717) is 6.42 Å². The van der Waals surface area contributed by atoms with Crippen molar-refractivity contribution in [3.8, 4) is 0 Å². The Kier molecular flexibility index (Phi) is 3.57. The van der Waals surface area contributed by atoms with E-state index in [2.05, 4.69) is 0 Å². The number of hydrogen-bond acceptors (Lipinski definition) is 3. The van der Waals surface area contributed by atoms with Crippen LogP contribution in [-0.4, -0.2) is 24.0 Å². The first-order chi connectivity index (χ1) is 8.90. The standard InChI is InChI=1S/C14H18N2O3/c1-8(5-13(18)19)14(15)9-3-4-11-10(6-9)7-12(17)16(11)2/h3-4,6,8,14H,5,7,15H2,1-2H3,(H,18,19). The molecule has 1 aliphatic heterocycles. The van der Waals surface area contributed by atoms with Crippen molar-refractivity contribution in [2.45, 2.75) is 25.8 Å². The molecule has 1 aliphatic rings. The highest BCUT2D eigenvalue weighted by molar-refractivity contribution is 6.00. The summed E-state index contributed by atoms with van der Waals surface area (Å²) < 4.78 is 0. The highest BCUT2D eigenvalue weighted by Crippen LogP contribution is 2.31. The molecule has 2 atom stereocenters. The number of fused-ring (bicyclic) bond motifs is 1. The summed E-state index contributed by atoms with van der Waals surface area (Å²) >= 11 is 0. The van der Waals surface area contributed by atoms with E-state index >= 15 is 0 Å². The quantitative estimate of drug-likeness (QED) is 0.857. The topological polar surface area (TPSA) is 83.6 Å². The molecule has 1 aromatic rings. The highest BCUT2D eigenvalue weighted by atomic mass is 16.4. The Hall–Kier alpha value is -1.88. The zero-order valence-corrected chi connectivity index (χ0v) is 11.1. The van der Waals surface area contributed by atoms with Crippen molar-refractivity contribution < 1.29 is 14.7 Å². The molecule has 5 nitrogen and oxygen atoms in total. The van der Waals surface area contributed by atoms with Gasteiger partial charge in [0.05, 0.1) is 6.42 Å². The number of carboxylic acid groups (broad SMARTS) is 1. The third kappa shape index (κ3) is 2.61. The summed E-state index contributed by atoms with van der Waals surface area (Å²) in [6.45, 7) is 1.82. The van der Waals surface area contributed by atoms with Gasteiger partial charge in [-0.1, -0.05) is 19.1 Å². The van der Waals surface area contributed by atoms with Crippen LogP contribution in [0.5, 0.6) is 0 Å². The summed E-state index contributed by atoms with van der Waals surface area (Å²) in [6.07, 6.45) is 0.427. The second-order valence-corrected chi connectivity index (χ2v) is 5.12. The molecule has 1 aromatic carbocycles. The van der Waals surface area contributed by atoms with Crippen molar-refractivity contribution >= 4 is 17.6 Å². The summed E-state index contributed by atoms with van der Waals surface area (Å²) in [5, 5.41) is 8.80. The van der Waals surface area contributed by atoms with Gasteiger partial charge in [0.2, 0.25) is 5.91 Å². The van der Waals surface area contributed by atoms with Gasteiger partial charge in [0.15, 0.2) is 0 Å². The molecule has 2 unspecified atom stereocenters. The molecule has 19 heavy (non-hydrogen) atoms. The molecule has 2 rings (SSSR count). The fourth-order valence-corrected chi connectivity index (χ4v) is 2.43. The third-order valence-corrected chi connectivity index (χ3v) is 3.68. The normalized spacial score (nSPS) is 17.2. The Morgan fingerprint density at radius 2 is 2.21 bits per heavy atom. The predicted octanol–water partition coefficient (Wildman–Crippen LogP) is 1.32. The molecule has 0 aromatic heterocycles. The second-order valence-electron chi connectivity index (χ2n) is 5.12. The van der Waals surface area contributed by atoms with E-state index in [1.807, 2.05) is 25.1 Å². The van der Waals surface area contributed by atoms with E-state index in [1.54, 1.807) is 11.9 Å². The van der Waals surface area contributed by atoms with Crippen LogP contribution in [0.2, 0.25) is 0 Å². The Morgan fingerprint density at radius 3 is 2.84 bits per heavy atom. The molecular weight excluding hydrogens is 244 g/mol. The molecule has 0 bridgehead atoms. The number of nitrogens with two attached hydrogens (primary N) is 1. The predicted molar refractivity (Wildman–Crippen MR) is 71.9 cm³/mol. The Bertz CT molecular complexity index is 527. The minimum absolute atomic E-state index is 0.0388. The summed E-state index contributed by atoms with van der Waals surface area (Å²) in [6, 6.07) is 5.34. The van der Waals surface area contributed by atoms with E-state index < -0.39 is 5.97 Å². The number of benzene rings is 1. The van der Waals surface area contributed by atoms with Crippen LogP contribution >= 0.6 is 0 Å². The van der Waals surface area contributed by atoms with Crippen LogP contribution in [0.25, 0.3) is 0 Å². The van der Waals surface area contributed by atoms with Gasteiger partial charge >= 0.3 is 5.97 Å². The van der Waals surface area contributed by atoms with E-state index in [0.717, 1.165) is 16.8 Å². The first-order valence-corrected chi connectivity index (χ1v) is 6.27. The van der Waals surface area contributed by atoms with Crippen LogP contribution in [0.3, 0.4) is 0 Å². The number of aliphatic carboxylic acids is 1. The van der Waals surface area contributed by atoms with E-state index in [4.69, 9.17) is 10.8 Å². The lowest BCUT2D eigenvalue weighted by molar-refractivity contribution is -0.138. The van der Waals surface area contributed by atoms with Gasteiger partial charge in [0, 0.05) is 25.2 Å². The van der Waals surface area contributed by atoms with Crippen molar-refractivity contribution in [3.63, 3.8) is 0 Å². The minimum Gasteiger partial charge on any atom is -0.481 e. The lowest BCUT2D eigenvalue weighted by atomic mass is 9.91. The number of amides is 1. The molecule has 0 aliphatic carbocycles. The number of hydrogen-bond donors (Lipinski definition) is 2. The van der Waals surface area contributed by atoms with Crippen molar-refractivity contribution in [2.24, 2.45) is 11.7 Å². The van der Waals surface area contributed by atoms with Crippen LogP contribution in [0.4, 0.5) is 5.69 Å². The first kappa shape index (κ1) is 13.5. The molecule has 1 amide bonds. The lowest BCUT2D eigenvalue weighted by Gasteiger charge is -2.19. The molecule has 0 saturated heterocycles. The van der Waals surface area contributed by atoms with Gasteiger partial charge < -0.3 is 15.7 Å². The summed E-state index contributed by atoms with van der Waals surface area (Å²) in [5.41, 5.74) is 8.84. The molecular formula is C14H18N2O3. The highest BCUT2D eigenvalue weighted by Gasteiger charge is 2.25. The van der Waals surface area contributed by atoms with Gasteiger partial charge in [0.25, 0.3) is 0 Å². The fourth-order valence-electron chi connectivity index (χ4n) is 2.43. The first-order valence-electron chi connectivity index (χ1n) is 6.27. The smallest absolute Gasteiger partial charge is 0.303 e. The van der Waals surface area contributed by atoms with Crippen molar-refractivity contribution in [3.05, 3.63) is 29.3 Å². The summed E-state index contributed by atoms with van der Waals surface area (Å²) in [7, 11) is 1.75. The van der Waals surface area contributed by atoms with Crippen molar-refractivity contribution in [1.29, 1.82) is 0 Å². The third-order valence-electron chi connectivity index (χ3n) is 3.68. The summed E-state index contributed by atoms with van der Waals surface area (Å²) in [4.78, 5) is 24.0. The van der Waals surface area contributed by atoms with Crippen molar-refractivity contribution in [1.82, 2.24) is 0 Å². The van der Waals surface area contributed by atoms with Gasteiger partial charge in [-0.3, -0.25) is 9.59 Å². The molecule has 5 heteroatoms. The molecule has 1 heterocycles. The lowest BCUT2D eigenvalue weighted by Crippen LogP contribution is -2.22. The molecule has 0 radical (unpaired) electrons. The average Bonchev–Trinajstić information content (AvgIpc) is 2.63. The van der Waals surface area contributed by atoms with Crippen LogP contribution in [-0.2, 0) is 16.0 Å². The Labute approximate surface area is 112 Å². The van der Waals surface area contributed by atoms with E-state index in [-0.39, 0.29) is 24.3 Å². The molecule has 0 spiro atoms. The number of carbonyl (C=O) groups excluding carboxylic acids is 1. The maximum absolute atomic E-state index is 11.6. The maximum atomic E-state index is 11.6. The van der Waals surface area contributed by atoms with E-state index in [9.17, 15) is 9.59 Å². The molecule has 0 saturated carbocycles. The van der Waals surface area contributed by atoms with Gasteiger partial charge in [-0.05, 0) is 23.1 Å². The largest absolute Gasteiger partial charge is 0.481 e. The van der Waals surface area contributed by atoms with Crippen molar-refractivity contribution in [2.75, 3.05) is 11.9 Å². The van der Waals surface area contributed by atoms with Crippen LogP contribution in [0.1, 0.15) is 30.5 Å². The Morgan fingerprint density at radius 1 is 1.53 bits per heavy atom. The number of carboxylic acids is 1. The minimum atomic E-state index is -0.848. The van der Waals surface area contributed by atoms with Crippen LogP contribution in [0, 0.1) is 5.92 Å². The number of rotatable bonds is 4. The SMILES string of the molecule is CC(CC(=O)O)C(N)c1ccc2c(c1)CC(=O)N2C. The maximum Gasteiger partial charge on any atom is 0.303 e.